The average molecular weight is 417 g/mol. The van der Waals surface area contributed by atoms with E-state index in [4.69, 9.17) is 4.74 Å². The molecule has 4 rings (SSSR count). The molecule has 0 spiro atoms. The van der Waals surface area contributed by atoms with E-state index in [1.807, 2.05) is 20.0 Å². The van der Waals surface area contributed by atoms with Crippen LogP contribution in [0.25, 0.3) is 0 Å². The van der Waals surface area contributed by atoms with E-state index in [1.54, 1.807) is 23.2 Å². The molecule has 0 radical (unpaired) electrons. The predicted octanol–water partition coefficient (Wildman–Crippen LogP) is 3.70. The number of thiazole rings is 1. The topological polar surface area (TPSA) is 94.8 Å². The molecule has 0 bridgehead atoms. The number of amides is 1. The maximum atomic E-state index is 12.7. The summed E-state index contributed by atoms with van der Waals surface area (Å²) in [5, 5.41) is 12.6. The quantitative estimate of drug-likeness (QED) is 0.654. The molecule has 1 amide bonds. The van der Waals surface area contributed by atoms with E-state index in [0.29, 0.717) is 21.1 Å². The van der Waals surface area contributed by atoms with Crippen LogP contribution < -0.4 is 10.1 Å². The number of hydrogen-bond acceptors (Lipinski definition) is 8. The highest BCUT2D eigenvalue weighted by molar-refractivity contribution is 7.99. The number of carbonyl (C=O) groups is 1. The number of pyridine rings is 1. The number of ether oxygens (including phenoxy) is 1. The Kier molecular flexibility index (Phi) is 5.58. The maximum absolute atomic E-state index is 12.7. The molecule has 8 nitrogen and oxygen atoms in total. The van der Waals surface area contributed by atoms with Crippen LogP contribution in [0.1, 0.15) is 41.0 Å². The minimum absolute atomic E-state index is 0.188. The first kappa shape index (κ1) is 18.9. The molecule has 28 heavy (non-hydrogen) atoms. The predicted molar refractivity (Wildman–Crippen MR) is 107 cm³/mol. The van der Waals surface area contributed by atoms with Crippen LogP contribution in [-0.4, -0.2) is 36.7 Å². The van der Waals surface area contributed by atoms with Gasteiger partial charge < -0.3 is 9.30 Å². The molecule has 3 aromatic heterocycles. The third-order valence-corrected chi connectivity index (χ3v) is 6.12. The molecule has 1 N–H and O–H groups in total. The Morgan fingerprint density at radius 3 is 2.86 bits per heavy atom. The van der Waals surface area contributed by atoms with E-state index in [1.165, 1.54) is 35.9 Å². The Labute approximate surface area is 170 Å². The van der Waals surface area contributed by atoms with Gasteiger partial charge in [-0.25, -0.2) is 9.97 Å². The van der Waals surface area contributed by atoms with Crippen molar-refractivity contribution in [2.24, 2.45) is 7.05 Å². The van der Waals surface area contributed by atoms with Crippen LogP contribution in [-0.2, 0) is 7.05 Å². The lowest BCUT2D eigenvalue weighted by molar-refractivity contribution is 0.102. The fourth-order valence-corrected chi connectivity index (χ4v) is 4.39. The largest absolute Gasteiger partial charge is 0.490 e. The number of nitrogens with zero attached hydrogens (tertiary/aromatic N) is 5. The Bertz CT molecular complexity index is 980. The van der Waals surface area contributed by atoms with Crippen molar-refractivity contribution in [3.63, 3.8) is 0 Å². The summed E-state index contributed by atoms with van der Waals surface area (Å²) in [6, 6.07) is 3.54. The number of carbonyl (C=O) groups excluding carboxylic acids is 1. The van der Waals surface area contributed by atoms with Crippen molar-refractivity contribution in [3.8, 4) is 5.75 Å². The van der Waals surface area contributed by atoms with Gasteiger partial charge in [-0.15, -0.1) is 21.5 Å². The summed E-state index contributed by atoms with van der Waals surface area (Å²) in [4.78, 5) is 22.4. The molecule has 0 aliphatic heterocycles. The molecule has 3 aromatic rings. The zero-order valence-electron chi connectivity index (χ0n) is 15.6. The van der Waals surface area contributed by atoms with Gasteiger partial charge in [0, 0.05) is 30.3 Å². The van der Waals surface area contributed by atoms with Crippen LogP contribution in [0.5, 0.6) is 5.75 Å². The summed E-state index contributed by atoms with van der Waals surface area (Å²) in [6.07, 6.45) is 7.96. The second-order valence-electron chi connectivity index (χ2n) is 6.61. The Balaban J connectivity index is 1.60. The second-order valence-corrected chi connectivity index (χ2v) is 8.83. The lowest BCUT2D eigenvalue weighted by atomic mass is 10.3. The van der Waals surface area contributed by atoms with Gasteiger partial charge in [-0.1, -0.05) is 0 Å². The summed E-state index contributed by atoms with van der Waals surface area (Å²) in [7, 11) is 1.86. The lowest BCUT2D eigenvalue weighted by Gasteiger charge is -2.14. The molecule has 0 atom stereocenters. The van der Waals surface area contributed by atoms with E-state index in [-0.39, 0.29) is 17.7 Å². The summed E-state index contributed by atoms with van der Waals surface area (Å²) >= 11 is 2.76. The SMILES string of the molecule is Cc1cnc(NC(=O)c2cc(OC3CCCC3)cc(Sc3nncn3C)n2)s1. The number of hydrogen-bond donors (Lipinski definition) is 1. The lowest BCUT2D eigenvalue weighted by Crippen LogP contribution is -2.16. The van der Waals surface area contributed by atoms with Crippen LogP contribution in [0.2, 0.25) is 0 Å². The van der Waals surface area contributed by atoms with Crippen molar-refractivity contribution in [3.05, 3.63) is 35.2 Å². The first-order valence-electron chi connectivity index (χ1n) is 9.01. The third kappa shape index (κ3) is 4.50. The van der Waals surface area contributed by atoms with E-state index in [0.717, 1.165) is 17.7 Å². The first-order chi connectivity index (χ1) is 13.6. The van der Waals surface area contributed by atoms with Crippen molar-refractivity contribution in [2.75, 3.05) is 5.32 Å². The summed E-state index contributed by atoms with van der Waals surface area (Å²) in [5.41, 5.74) is 0.285. The van der Waals surface area contributed by atoms with E-state index in [2.05, 4.69) is 25.5 Å². The summed E-state index contributed by atoms with van der Waals surface area (Å²) in [5.74, 6) is 0.332. The second kappa shape index (κ2) is 8.27. The number of aromatic nitrogens is 5. The molecule has 0 saturated heterocycles. The highest BCUT2D eigenvalue weighted by Crippen LogP contribution is 2.30. The molecule has 1 aliphatic rings. The smallest absolute Gasteiger partial charge is 0.276 e. The van der Waals surface area contributed by atoms with Crippen LogP contribution in [0.15, 0.2) is 34.8 Å². The zero-order chi connectivity index (χ0) is 19.5. The van der Waals surface area contributed by atoms with Crippen molar-refractivity contribution in [1.82, 2.24) is 24.7 Å². The third-order valence-electron chi connectivity index (χ3n) is 4.32. The van der Waals surface area contributed by atoms with E-state index >= 15 is 0 Å². The first-order valence-corrected chi connectivity index (χ1v) is 10.6. The van der Waals surface area contributed by atoms with Crippen molar-refractivity contribution < 1.29 is 9.53 Å². The minimum atomic E-state index is -0.314. The van der Waals surface area contributed by atoms with E-state index in [9.17, 15) is 4.79 Å². The molecule has 146 valence electrons. The fourth-order valence-electron chi connectivity index (χ4n) is 2.95. The minimum Gasteiger partial charge on any atom is -0.490 e. The van der Waals surface area contributed by atoms with Crippen LogP contribution in [0.3, 0.4) is 0 Å². The maximum Gasteiger partial charge on any atom is 0.276 e. The molecule has 3 heterocycles. The number of anilines is 1. The number of aryl methyl sites for hydroxylation is 2. The fraction of sp³-hybridized carbons (Fsp3) is 0.389. The van der Waals surface area contributed by atoms with Gasteiger partial charge in [-0.05, 0) is 44.4 Å². The molecule has 10 heteroatoms. The standard InChI is InChI=1S/C18H20N6O2S2/c1-11-9-19-17(27-11)22-16(25)14-7-13(26-12-5-3-4-6-12)8-15(21-14)28-18-23-20-10-24(18)2/h7-10,12H,3-6H2,1-2H3,(H,19,22,25). The van der Waals surface area contributed by atoms with Gasteiger partial charge in [0.2, 0.25) is 0 Å². The van der Waals surface area contributed by atoms with Crippen LogP contribution in [0.4, 0.5) is 5.13 Å². The van der Waals surface area contributed by atoms with Crippen molar-refractivity contribution >= 4 is 34.1 Å². The highest BCUT2D eigenvalue weighted by Gasteiger charge is 2.20. The van der Waals surface area contributed by atoms with Crippen molar-refractivity contribution in [2.45, 2.75) is 48.9 Å². The molecule has 1 aliphatic carbocycles. The van der Waals surface area contributed by atoms with Crippen molar-refractivity contribution in [1.29, 1.82) is 0 Å². The molecule has 1 fully saturated rings. The van der Waals surface area contributed by atoms with Gasteiger partial charge in [0.25, 0.3) is 5.91 Å². The summed E-state index contributed by atoms with van der Waals surface area (Å²) < 4.78 is 7.92. The normalized spacial score (nSPS) is 14.4. The van der Waals surface area contributed by atoms with Gasteiger partial charge in [0.05, 0.1) is 6.10 Å². The van der Waals surface area contributed by atoms with Gasteiger partial charge >= 0.3 is 0 Å². The average Bonchev–Trinajstić information content (AvgIpc) is 3.40. The van der Waals surface area contributed by atoms with Gasteiger partial charge in [0.1, 0.15) is 22.8 Å². The molecule has 0 unspecified atom stereocenters. The van der Waals surface area contributed by atoms with E-state index < -0.39 is 0 Å². The van der Waals surface area contributed by atoms with Crippen LogP contribution in [0, 0.1) is 6.92 Å². The highest BCUT2D eigenvalue weighted by atomic mass is 32.2. The van der Waals surface area contributed by atoms with Crippen LogP contribution >= 0.6 is 23.1 Å². The summed E-state index contributed by atoms with van der Waals surface area (Å²) in [6.45, 7) is 1.94. The monoisotopic (exact) mass is 416 g/mol. The number of rotatable bonds is 6. The Morgan fingerprint density at radius 2 is 2.18 bits per heavy atom. The van der Waals surface area contributed by atoms with Gasteiger partial charge in [-0.2, -0.15) is 0 Å². The Hall–Kier alpha value is -2.46. The van der Waals surface area contributed by atoms with Gasteiger partial charge in [-0.3, -0.25) is 10.1 Å². The molecule has 1 saturated carbocycles. The van der Waals surface area contributed by atoms with Gasteiger partial charge in [0.15, 0.2) is 10.3 Å². The zero-order valence-corrected chi connectivity index (χ0v) is 17.2. The molecular formula is C18H20N6O2S2. The number of nitrogens with one attached hydrogen (secondary N) is 1. The Morgan fingerprint density at radius 1 is 1.36 bits per heavy atom. The molecular weight excluding hydrogens is 396 g/mol. The molecule has 0 aromatic carbocycles.